The van der Waals surface area contributed by atoms with Gasteiger partial charge in [-0.25, -0.2) is 4.39 Å². The zero-order valence-electron chi connectivity index (χ0n) is 19.2. The minimum absolute atomic E-state index is 0.111. The number of aromatic nitrogens is 2. The Morgan fingerprint density at radius 3 is 2.56 bits per heavy atom. The summed E-state index contributed by atoms with van der Waals surface area (Å²) in [5.41, 5.74) is 3.13. The van der Waals surface area contributed by atoms with Crippen LogP contribution in [0.4, 0.5) is 9.52 Å². The van der Waals surface area contributed by atoms with Gasteiger partial charge in [-0.15, -0.1) is 10.2 Å². The first-order valence-electron chi connectivity index (χ1n) is 12.0. The second kappa shape index (κ2) is 8.45. The van der Waals surface area contributed by atoms with E-state index in [1.165, 1.54) is 59.6 Å². The fourth-order valence-electron chi connectivity index (χ4n) is 7.08. The van der Waals surface area contributed by atoms with Crippen molar-refractivity contribution in [1.29, 1.82) is 0 Å². The lowest BCUT2D eigenvalue weighted by Crippen LogP contribution is -2.57. The number of amides is 1. The molecule has 1 amide bonds. The highest BCUT2D eigenvalue weighted by Crippen LogP contribution is 2.66. The van der Waals surface area contributed by atoms with Crippen LogP contribution in [0.3, 0.4) is 0 Å². The molecule has 1 N–H and O–H groups in total. The van der Waals surface area contributed by atoms with Crippen molar-refractivity contribution in [2.75, 3.05) is 5.32 Å². The van der Waals surface area contributed by atoms with Crippen LogP contribution in [-0.4, -0.2) is 16.1 Å². The van der Waals surface area contributed by atoms with Gasteiger partial charge in [0, 0.05) is 5.75 Å². The summed E-state index contributed by atoms with van der Waals surface area (Å²) in [6, 6.07) is 15.8. The van der Waals surface area contributed by atoms with Crippen molar-refractivity contribution in [2.45, 2.75) is 61.0 Å². The monoisotopic (exact) mass is 493 g/mol. The van der Waals surface area contributed by atoms with E-state index in [9.17, 15) is 9.18 Å². The standard InChI is InChI=1S/C27H28FN3OS2/c1-17-6-8-21(9-7-17)26-11-18-10-19(12-26)14-27(13-18,16-26)23(32)29-24-30-31-25(34-24)33-15-20-4-2-3-5-22(20)28/h2-9,18-19H,10-16H2,1H3,(H,29,30,32). The summed E-state index contributed by atoms with van der Waals surface area (Å²) in [6.45, 7) is 2.13. The van der Waals surface area contributed by atoms with Crippen LogP contribution in [0.5, 0.6) is 0 Å². The smallest absolute Gasteiger partial charge is 0.232 e. The third kappa shape index (κ3) is 3.97. The lowest BCUT2D eigenvalue weighted by molar-refractivity contribution is -0.143. The summed E-state index contributed by atoms with van der Waals surface area (Å²) in [5, 5.41) is 12.1. The highest BCUT2D eigenvalue weighted by Gasteiger charge is 2.61. The Hall–Kier alpha value is -2.25. The fourth-order valence-corrected chi connectivity index (χ4v) is 8.81. The summed E-state index contributed by atoms with van der Waals surface area (Å²) in [6.07, 6.45) is 6.57. The van der Waals surface area contributed by atoms with E-state index in [2.05, 4.69) is 46.7 Å². The minimum atomic E-state index is -0.318. The lowest BCUT2D eigenvalue weighted by atomic mass is 9.42. The minimum Gasteiger partial charge on any atom is -0.300 e. The summed E-state index contributed by atoms with van der Waals surface area (Å²) in [5.74, 6) is 1.63. The molecule has 2 unspecified atom stereocenters. The molecule has 2 aromatic carbocycles. The fraction of sp³-hybridized carbons (Fsp3) is 0.444. The molecule has 4 saturated carbocycles. The SMILES string of the molecule is Cc1ccc(C23CC4CC(CC(C(=O)Nc5nnc(SCc6ccccc6F)s5)(C4)C2)C3)cc1. The zero-order valence-corrected chi connectivity index (χ0v) is 20.9. The molecule has 0 saturated heterocycles. The van der Waals surface area contributed by atoms with Crippen molar-refractivity contribution in [2.24, 2.45) is 17.3 Å². The highest BCUT2D eigenvalue weighted by molar-refractivity contribution is 8.00. The second-order valence-corrected chi connectivity index (χ2v) is 12.8. The van der Waals surface area contributed by atoms with Crippen LogP contribution in [0.25, 0.3) is 0 Å². The van der Waals surface area contributed by atoms with Crippen LogP contribution in [0.15, 0.2) is 52.9 Å². The maximum absolute atomic E-state index is 13.9. The van der Waals surface area contributed by atoms with E-state index in [4.69, 9.17) is 0 Å². The second-order valence-electron chi connectivity index (χ2n) is 10.6. The molecule has 2 atom stereocenters. The van der Waals surface area contributed by atoms with Gasteiger partial charge in [-0.05, 0) is 79.9 Å². The number of hydrogen-bond donors (Lipinski definition) is 1. The molecule has 0 radical (unpaired) electrons. The number of benzene rings is 2. The van der Waals surface area contributed by atoms with Gasteiger partial charge < -0.3 is 5.32 Å². The number of anilines is 1. The van der Waals surface area contributed by atoms with Crippen LogP contribution in [0, 0.1) is 30.0 Å². The molecule has 7 heteroatoms. The molecule has 1 heterocycles. The van der Waals surface area contributed by atoms with Crippen LogP contribution >= 0.6 is 23.1 Å². The van der Waals surface area contributed by atoms with Gasteiger partial charge in [-0.3, -0.25) is 4.79 Å². The number of thioether (sulfide) groups is 1. The molecule has 1 aromatic heterocycles. The van der Waals surface area contributed by atoms with E-state index in [1.54, 1.807) is 12.1 Å². The van der Waals surface area contributed by atoms with E-state index < -0.39 is 0 Å². The first-order valence-corrected chi connectivity index (χ1v) is 13.8. The molecule has 4 nitrogen and oxygen atoms in total. The topological polar surface area (TPSA) is 54.9 Å². The van der Waals surface area contributed by atoms with Crippen molar-refractivity contribution >= 4 is 34.1 Å². The van der Waals surface area contributed by atoms with E-state index in [0.717, 1.165) is 23.6 Å². The van der Waals surface area contributed by atoms with Crippen LogP contribution in [0.1, 0.15) is 55.2 Å². The van der Waals surface area contributed by atoms with Crippen LogP contribution in [0.2, 0.25) is 0 Å². The van der Waals surface area contributed by atoms with Gasteiger partial charge in [-0.1, -0.05) is 71.1 Å². The summed E-state index contributed by atoms with van der Waals surface area (Å²) in [4.78, 5) is 13.7. The molecule has 4 fully saturated rings. The highest BCUT2D eigenvalue weighted by atomic mass is 32.2. The normalized spacial score (nSPS) is 29.4. The maximum atomic E-state index is 13.9. The van der Waals surface area contributed by atoms with Gasteiger partial charge in [0.25, 0.3) is 0 Å². The molecule has 4 aliphatic carbocycles. The predicted molar refractivity (Wildman–Crippen MR) is 134 cm³/mol. The third-order valence-corrected chi connectivity index (χ3v) is 10.2. The summed E-state index contributed by atoms with van der Waals surface area (Å²) in [7, 11) is 0. The number of halogens is 1. The average molecular weight is 494 g/mol. The molecule has 4 aliphatic rings. The Labute approximate surface area is 207 Å². The number of aryl methyl sites for hydroxylation is 1. The molecule has 4 bridgehead atoms. The largest absolute Gasteiger partial charge is 0.300 e. The molecule has 0 spiro atoms. The van der Waals surface area contributed by atoms with E-state index in [-0.39, 0.29) is 22.6 Å². The molecule has 3 aromatic rings. The quantitative estimate of drug-likeness (QED) is 0.305. The zero-order chi connectivity index (χ0) is 23.3. The van der Waals surface area contributed by atoms with Gasteiger partial charge in [0.05, 0.1) is 5.41 Å². The summed E-state index contributed by atoms with van der Waals surface area (Å²) >= 11 is 2.82. The molecular weight excluding hydrogens is 465 g/mol. The Balaban J connectivity index is 1.18. The number of carbonyl (C=O) groups excluding carboxylic acids is 1. The van der Waals surface area contributed by atoms with E-state index >= 15 is 0 Å². The number of rotatable bonds is 6. The molecule has 34 heavy (non-hydrogen) atoms. The van der Waals surface area contributed by atoms with Gasteiger partial charge in [-0.2, -0.15) is 0 Å². The third-order valence-electron chi connectivity index (χ3n) is 8.14. The van der Waals surface area contributed by atoms with Crippen molar-refractivity contribution in [3.8, 4) is 0 Å². The Kier molecular flexibility index (Phi) is 5.52. The number of nitrogens with zero attached hydrogens (tertiary/aromatic N) is 2. The summed E-state index contributed by atoms with van der Waals surface area (Å²) < 4.78 is 14.6. The van der Waals surface area contributed by atoms with Crippen LogP contribution in [-0.2, 0) is 16.0 Å². The molecule has 176 valence electrons. The molecule has 7 rings (SSSR count). The van der Waals surface area contributed by atoms with Crippen molar-refractivity contribution in [1.82, 2.24) is 10.2 Å². The van der Waals surface area contributed by atoms with Crippen molar-refractivity contribution in [3.05, 3.63) is 71.0 Å². The van der Waals surface area contributed by atoms with Gasteiger partial charge in [0.2, 0.25) is 11.0 Å². The Morgan fingerprint density at radius 1 is 1.09 bits per heavy atom. The van der Waals surface area contributed by atoms with Gasteiger partial charge >= 0.3 is 0 Å². The predicted octanol–water partition coefficient (Wildman–Crippen LogP) is 6.75. The number of carbonyl (C=O) groups is 1. The maximum Gasteiger partial charge on any atom is 0.232 e. The van der Waals surface area contributed by atoms with Crippen molar-refractivity contribution in [3.63, 3.8) is 0 Å². The lowest BCUT2D eigenvalue weighted by Gasteiger charge is -2.61. The first kappa shape index (κ1) is 22.2. The van der Waals surface area contributed by atoms with E-state index in [1.807, 2.05) is 6.07 Å². The molecule has 0 aliphatic heterocycles. The van der Waals surface area contributed by atoms with Crippen LogP contribution < -0.4 is 5.32 Å². The first-order chi connectivity index (χ1) is 16.4. The van der Waals surface area contributed by atoms with Crippen molar-refractivity contribution < 1.29 is 9.18 Å². The Morgan fingerprint density at radius 2 is 1.82 bits per heavy atom. The Bertz CT molecular complexity index is 1210. The average Bonchev–Trinajstić information content (AvgIpc) is 3.25. The van der Waals surface area contributed by atoms with Gasteiger partial charge in [0.15, 0.2) is 4.34 Å². The van der Waals surface area contributed by atoms with Gasteiger partial charge in [0.1, 0.15) is 5.82 Å². The molecular formula is C27H28FN3OS2. The number of nitrogens with one attached hydrogen (secondary N) is 1. The number of hydrogen-bond acceptors (Lipinski definition) is 5. The van der Waals surface area contributed by atoms with E-state index in [0.29, 0.717) is 28.3 Å².